The lowest BCUT2D eigenvalue weighted by Crippen LogP contribution is -2.12. The standard InChI is InChI=1S/C12H10O6S2/c13-19(14,11-7-3-1-4-8-11)17-18-20(15,16)12-9-5-2-6-10-12/h1-10H. The summed E-state index contributed by atoms with van der Waals surface area (Å²) in [5, 5.41) is 0. The van der Waals surface area contributed by atoms with Gasteiger partial charge >= 0.3 is 20.2 Å². The highest BCUT2D eigenvalue weighted by atomic mass is 32.2. The second kappa shape index (κ2) is 5.71. The van der Waals surface area contributed by atoms with Crippen molar-refractivity contribution in [2.45, 2.75) is 9.79 Å². The Balaban J connectivity index is 2.17. The summed E-state index contributed by atoms with van der Waals surface area (Å²) in [6.07, 6.45) is 0. The fraction of sp³-hybridized carbons (Fsp3) is 0. The molecule has 0 aromatic heterocycles. The Morgan fingerprint density at radius 1 is 0.550 bits per heavy atom. The fourth-order valence-electron chi connectivity index (χ4n) is 1.33. The molecule has 2 aromatic rings. The van der Waals surface area contributed by atoms with Gasteiger partial charge in [-0.1, -0.05) is 45.1 Å². The predicted molar refractivity (Wildman–Crippen MR) is 69.4 cm³/mol. The molecule has 0 saturated heterocycles. The van der Waals surface area contributed by atoms with Crippen LogP contribution in [0, 0.1) is 0 Å². The molecule has 6 nitrogen and oxygen atoms in total. The molecule has 20 heavy (non-hydrogen) atoms. The number of benzene rings is 2. The summed E-state index contributed by atoms with van der Waals surface area (Å²) in [6.45, 7) is 0. The van der Waals surface area contributed by atoms with E-state index < -0.39 is 20.2 Å². The van der Waals surface area contributed by atoms with Gasteiger partial charge in [0, 0.05) is 0 Å². The van der Waals surface area contributed by atoms with Crippen LogP contribution in [0.15, 0.2) is 70.5 Å². The number of rotatable bonds is 5. The lowest BCUT2D eigenvalue weighted by atomic mass is 10.4. The molecular weight excluding hydrogens is 304 g/mol. The van der Waals surface area contributed by atoms with Crippen LogP contribution in [0.3, 0.4) is 0 Å². The Morgan fingerprint density at radius 2 is 0.850 bits per heavy atom. The van der Waals surface area contributed by atoms with Gasteiger partial charge in [-0.15, -0.1) is 0 Å². The van der Waals surface area contributed by atoms with Gasteiger partial charge in [0.05, 0.1) is 9.79 Å². The van der Waals surface area contributed by atoms with Crippen molar-refractivity contribution in [2.75, 3.05) is 0 Å². The van der Waals surface area contributed by atoms with Crippen LogP contribution in [-0.2, 0) is 28.9 Å². The molecule has 0 heterocycles. The van der Waals surface area contributed by atoms with Crippen LogP contribution >= 0.6 is 0 Å². The maximum atomic E-state index is 11.7. The number of hydrogen-bond acceptors (Lipinski definition) is 6. The van der Waals surface area contributed by atoms with Crippen LogP contribution in [0.4, 0.5) is 0 Å². The molecule has 0 atom stereocenters. The first kappa shape index (κ1) is 14.7. The molecule has 0 saturated carbocycles. The Hall–Kier alpha value is -1.74. The Morgan fingerprint density at radius 3 is 1.15 bits per heavy atom. The fourth-order valence-corrected chi connectivity index (χ4v) is 3.05. The van der Waals surface area contributed by atoms with E-state index in [-0.39, 0.29) is 9.79 Å². The van der Waals surface area contributed by atoms with Gasteiger partial charge in [0.1, 0.15) is 0 Å². The second-order valence-electron chi connectivity index (χ2n) is 3.67. The molecule has 0 N–H and O–H groups in total. The molecule has 0 aliphatic carbocycles. The van der Waals surface area contributed by atoms with Crippen LogP contribution in [0.25, 0.3) is 0 Å². The quantitative estimate of drug-likeness (QED) is 0.617. The normalized spacial score (nSPS) is 12.2. The zero-order chi connectivity index (χ0) is 14.6. The van der Waals surface area contributed by atoms with Crippen molar-refractivity contribution < 1.29 is 25.5 Å². The van der Waals surface area contributed by atoms with E-state index in [2.05, 4.69) is 8.67 Å². The van der Waals surface area contributed by atoms with E-state index in [1.807, 2.05) is 0 Å². The summed E-state index contributed by atoms with van der Waals surface area (Å²) >= 11 is 0. The average molecular weight is 314 g/mol. The van der Waals surface area contributed by atoms with Crippen molar-refractivity contribution in [1.82, 2.24) is 0 Å². The lowest BCUT2D eigenvalue weighted by Gasteiger charge is -2.05. The Bertz CT molecular complexity index is 698. The highest BCUT2D eigenvalue weighted by molar-refractivity contribution is 7.89. The minimum absolute atomic E-state index is 0.205. The zero-order valence-corrected chi connectivity index (χ0v) is 11.7. The minimum Gasteiger partial charge on any atom is -0.192 e. The first-order valence-corrected chi connectivity index (χ1v) is 8.21. The van der Waals surface area contributed by atoms with Crippen molar-refractivity contribution in [2.24, 2.45) is 0 Å². The average Bonchev–Trinajstić information content (AvgIpc) is 2.47. The van der Waals surface area contributed by atoms with Crippen molar-refractivity contribution in [1.29, 1.82) is 0 Å². The zero-order valence-electron chi connectivity index (χ0n) is 10.0. The van der Waals surface area contributed by atoms with Gasteiger partial charge in [0.2, 0.25) is 0 Å². The Kier molecular flexibility index (Phi) is 4.19. The molecule has 2 aromatic carbocycles. The van der Waals surface area contributed by atoms with E-state index >= 15 is 0 Å². The summed E-state index contributed by atoms with van der Waals surface area (Å²) in [4.78, 5) is -0.411. The third-order valence-corrected chi connectivity index (χ3v) is 4.55. The Labute approximate surface area is 116 Å². The molecular formula is C12H10O6S2. The van der Waals surface area contributed by atoms with Gasteiger partial charge in [0.25, 0.3) is 0 Å². The van der Waals surface area contributed by atoms with Gasteiger partial charge in [-0.3, -0.25) is 0 Å². The van der Waals surface area contributed by atoms with Gasteiger partial charge in [0.15, 0.2) is 0 Å². The largest absolute Gasteiger partial charge is 0.324 e. The van der Waals surface area contributed by atoms with Gasteiger partial charge in [-0.25, -0.2) is 0 Å². The monoisotopic (exact) mass is 314 g/mol. The lowest BCUT2D eigenvalue weighted by molar-refractivity contribution is -0.0851. The van der Waals surface area contributed by atoms with Crippen LogP contribution in [0.5, 0.6) is 0 Å². The van der Waals surface area contributed by atoms with E-state index in [9.17, 15) is 16.8 Å². The molecule has 0 amide bonds. The van der Waals surface area contributed by atoms with Gasteiger partial charge < -0.3 is 0 Å². The van der Waals surface area contributed by atoms with E-state index in [1.54, 1.807) is 12.1 Å². The molecule has 0 fully saturated rings. The third kappa shape index (κ3) is 3.42. The highest BCUT2D eigenvalue weighted by Gasteiger charge is 2.23. The van der Waals surface area contributed by atoms with E-state index in [0.29, 0.717) is 0 Å². The van der Waals surface area contributed by atoms with Crippen LogP contribution in [-0.4, -0.2) is 16.8 Å². The summed E-state index contributed by atoms with van der Waals surface area (Å²) in [5.41, 5.74) is 0. The topological polar surface area (TPSA) is 86.7 Å². The summed E-state index contributed by atoms with van der Waals surface area (Å²) in [5.74, 6) is 0. The van der Waals surface area contributed by atoms with E-state index in [4.69, 9.17) is 0 Å². The van der Waals surface area contributed by atoms with Crippen LogP contribution in [0.2, 0.25) is 0 Å². The smallest absolute Gasteiger partial charge is 0.192 e. The molecule has 8 heteroatoms. The first-order chi connectivity index (χ1) is 9.42. The van der Waals surface area contributed by atoms with Gasteiger partial charge in [-0.05, 0) is 24.3 Å². The first-order valence-electron chi connectivity index (χ1n) is 5.40. The SMILES string of the molecule is O=S(=O)(OOS(=O)(=O)c1ccccc1)c1ccccc1. The second-order valence-corrected chi connectivity index (χ2v) is 6.70. The van der Waals surface area contributed by atoms with E-state index in [0.717, 1.165) is 0 Å². The van der Waals surface area contributed by atoms with Crippen LogP contribution in [0.1, 0.15) is 0 Å². The van der Waals surface area contributed by atoms with Crippen molar-refractivity contribution in [3.05, 3.63) is 60.7 Å². The molecule has 2 rings (SSSR count). The van der Waals surface area contributed by atoms with Crippen molar-refractivity contribution in [3.63, 3.8) is 0 Å². The maximum absolute atomic E-state index is 11.7. The predicted octanol–water partition coefficient (Wildman–Crippen LogP) is 1.71. The molecule has 0 radical (unpaired) electrons. The molecule has 0 aliphatic heterocycles. The molecule has 0 spiro atoms. The molecule has 0 aliphatic rings. The molecule has 0 unspecified atom stereocenters. The minimum atomic E-state index is -4.30. The van der Waals surface area contributed by atoms with E-state index in [1.165, 1.54) is 48.5 Å². The molecule has 106 valence electrons. The maximum Gasteiger partial charge on any atom is 0.324 e. The van der Waals surface area contributed by atoms with Gasteiger partial charge in [-0.2, -0.15) is 16.8 Å². The summed E-state index contributed by atoms with van der Waals surface area (Å²) in [7, 11) is -8.61. The molecule has 0 bridgehead atoms. The highest BCUT2D eigenvalue weighted by Crippen LogP contribution is 2.17. The third-order valence-electron chi connectivity index (χ3n) is 2.27. The number of hydrogen-bond donors (Lipinski definition) is 0. The van der Waals surface area contributed by atoms with Crippen molar-refractivity contribution >= 4 is 20.2 Å². The van der Waals surface area contributed by atoms with Crippen LogP contribution < -0.4 is 0 Å². The summed E-state index contributed by atoms with van der Waals surface area (Å²) in [6, 6.07) is 14.2. The summed E-state index contributed by atoms with van der Waals surface area (Å²) < 4.78 is 55.0. The van der Waals surface area contributed by atoms with Crippen molar-refractivity contribution in [3.8, 4) is 0 Å².